The number of fused-ring (bicyclic) bond motifs is 3. The number of carbonyl (C=O) groups excluding carboxylic acids is 12. The summed E-state index contributed by atoms with van der Waals surface area (Å²) in [6.07, 6.45) is -1.82. The molecule has 0 saturated carbocycles. The van der Waals surface area contributed by atoms with E-state index in [2.05, 4.69) is 21.3 Å². The van der Waals surface area contributed by atoms with Gasteiger partial charge in [-0.05, 0) is 116 Å². The first-order valence-electron chi connectivity index (χ1n) is 38.9. The van der Waals surface area contributed by atoms with Crippen molar-refractivity contribution in [3.05, 3.63) is 95.6 Å². The van der Waals surface area contributed by atoms with Gasteiger partial charge in [0.2, 0.25) is 59.1 Å². The van der Waals surface area contributed by atoms with E-state index >= 15 is 19.2 Å². The molecule has 0 bridgehead atoms. The Labute approximate surface area is 653 Å². The molecule has 3 aromatic carbocycles. The van der Waals surface area contributed by atoms with Gasteiger partial charge in [-0.3, -0.25) is 47.9 Å². The molecule has 1 aliphatic carbocycles. The number of nitrogens with one attached hydrogen (secondary N) is 4. The quantitative estimate of drug-likeness (QED) is 0.0343. The van der Waals surface area contributed by atoms with E-state index in [-0.39, 0.29) is 88.1 Å². The second kappa shape index (κ2) is 43.6. The van der Waals surface area contributed by atoms with Gasteiger partial charge in [-0.1, -0.05) is 176 Å². The molecule has 5 N–H and O–H groups in total. The fourth-order valence-electron chi connectivity index (χ4n) is 13.9. The summed E-state index contributed by atoms with van der Waals surface area (Å²) in [7, 11) is 9.91. The number of carbonyl (C=O) groups is 12. The van der Waals surface area contributed by atoms with Crippen LogP contribution in [0.3, 0.4) is 0 Å². The van der Waals surface area contributed by atoms with E-state index in [0.29, 0.717) is 0 Å². The molecule has 0 saturated heterocycles. The van der Waals surface area contributed by atoms with Crippen LogP contribution in [0.2, 0.25) is 0 Å². The molecule has 4 rings (SSSR count). The molecule has 0 aromatic heterocycles. The highest BCUT2D eigenvalue weighted by Crippen LogP contribution is 2.44. The van der Waals surface area contributed by atoms with Gasteiger partial charge in [0.15, 0.2) is 0 Å². The average Bonchev–Trinajstić information content (AvgIpc) is 1.61. The summed E-state index contributed by atoms with van der Waals surface area (Å²) in [4.78, 5) is 182. The average molecular weight is 1540 g/mol. The number of benzene rings is 3. The van der Waals surface area contributed by atoms with Crippen LogP contribution in [0, 0.1) is 41.4 Å². The number of alkyl carbamates (subject to hydrolysis) is 1. The van der Waals surface area contributed by atoms with Crippen molar-refractivity contribution >= 4 is 71.1 Å². The van der Waals surface area contributed by atoms with Crippen molar-refractivity contribution < 1.29 is 76.9 Å². The van der Waals surface area contributed by atoms with Crippen LogP contribution < -0.4 is 21.3 Å². The summed E-state index contributed by atoms with van der Waals surface area (Å²) in [5, 5.41) is 23.2. The van der Waals surface area contributed by atoms with Crippen LogP contribution in [-0.4, -0.2) is 253 Å². The lowest BCUT2D eigenvalue weighted by Gasteiger charge is -2.41. The predicted molar refractivity (Wildman–Crippen MR) is 422 cm³/mol. The number of amides is 11. The molecule has 3 aromatic rings. The molecule has 11 amide bonds. The lowest BCUT2D eigenvalue weighted by Crippen LogP contribution is -2.63. The molecular formula is C83H129N11O16. The van der Waals surface area contributed by atoms with Gasteiger partial charge in [0.1, 0.15) is 73.6 Å². The fraction of sp³-hybridized carbons (Fsp3) is 0.639. The Morgan fingerprint density at radius 1 is 0.445 bits per heavy atom. The van der Waals surface area contributed by atoms with E-state index in [1.807, 2.05) is 122 Å². The zero-order valence-corrected chi connectivity index (χ0v) is 69.7. The lowest BCUT2D eigenvalue weighted by molar-refractivity contribution is -0.157. The first-order chi connectivity index (χ1) is 51.5. The topological polar surface area (TPSA) is 324 Å². The third-order valence-electron chi connectivity index (χ3n) is 20.4. The van der Waals surface area contributed by atoms with Crippen molar-refractivity contribution in [3.63, 3.8) is 0 Å². The van der Waals surface area contributed by atoms with Gasteiger partial charge in [-0.15, -0.1) is 0 Å². The number of ether oxygens (including phenoxy) is 3. The van der Waals surface area contributed by atoms with Crippen LogP contribution in [0.1, 0.15) is 172 Å². The van der Waals surface area contributed by atoms with Crippen molar-refractivity contribution in [1.82, 2.24) is 55.6 Å². The zero-order valence-electron chi connectivity index (χ0n) is 69.7. The van der Waals surface area contributed by atoms with Gasteiger partial charge < -0.3 is 74.9 Å². The monoisotopic (exact) mass is 1540 g/mol. The predicted octanol–water partition coefficient (Wildman–Crippen LogP) is 7.49. The molecule has 0 unspecified atom stereocenters. The second-order valence-electron chi connectivity index (χ2n) is 32.0. The van der Waals surface area contributed by atoms with Gasteiger partial charge in [-0.2, -0.15) is 0 Å². The summed E-state index contributed by atoms with van der Waals surface area (Å²) >= 11 is 0. The largest absolute Gasteiger partial charge is 0.459 e. The molecule has 0 heterocycles. The highest BCUT2D eigenvalue weighted by Gasteiger charge is 2.46. The summed E-state index contributed by atoms with van der Waals surface area (Å²) in [6, 6.07) is 12.6. The summed E-state index contributed by atoms with van der Waals surface area (Å²) in [6.45, 7) is 29.5. The maximum absolute atomic E-state index is 15.4. The molecule has 612 valence electrons. The Bertz CT molecular complexity index is 3540. The Hall–Kier alpha value is -8.98. The number of nitrogens with zero attached hydrogens (tertiary/aromatic N) is 7. The SMILES string of the molecule is CCOC[C@@H](C)[C@@H](O)[C@@H](C(=O)N[C@@H](CC)C(=O)N(C)CC(=O)N(C)[C@@H](CC(C)C)C(=O)N[C@H](C(=O)N(C)[C@@H](CC(C)C)C(=O)N[C@@H](C)C(=O)OCc1ccccc1)C(C)C)N(C)C(=O)[C@H](C(C)C)N(C)C(=O)[C@H](CC(C)C)N(C)C(=O)[C@H](CC(C)C)N(C)C(=O)[C@@H](C)NC(=O)OCC1c2ccccc2-c2ccccc21. The fourth-order valence-corrected chi connectivity index (χ4v) is 13.9. The third kappa shape index (κ3) is 25.5. The number of aliphatic hydroxyl groups excluding tert-OH is 1. The second-order valence-corrected chi connectivity index (χ2v) is 32.0. The lowest BCUT2D eigenvalue weighted by atomic mass is 9.93. The summed E-state index contributed by atoms with van der Waals surface area (Å²) in [5.41, 5.74) is 4.91. The van der Waals surface area contributed by atoms with Crippen molar-refractivity contribution in [3.8, 4) is 11.1 Å². The standard InChI is InChI=1S/C83H129N11O16/c1-25-63(77(101)88(18)44-68(95)89(19)64(40-48(3)4)74(98)87-69(52(11)12)80(104)90(20)65(41-49(5)6)73(97)84-56(17)82(106)109-46-57-34-28-27-29-35-57)86-75(99)71(72(96)54(15)45-108-26-2)94(24)81(105)70(53(13)14)93(23)79(103)67(43-51(9)10)92(22)78(102)66(42-50(7)8)91(21)76(100)55(16)85-83(107)110-47-62-60-38-32-30-36-58(60)59-37-31-33-39-61(59)62/h27-39,48-56,62-67,69-72,96H,25-26,40-47H2,1-24H3,(H,84,97)(H,85,107)(H,86,99)(H,87,98)/t54-,55-,56+,63+,64+,65+,66+,67+,69+,70+,71+,72-/m1/s1. The highest BCUT2D eigenvalue weighted by molar-refractivity contribution is 5.99. The number of hydrogen-bond acceptors (Lipinski definition) is 16. The summed E-state index contributed by atoms with van der Waals surface area (Å²) < 4.78 is 16.9. The number of hydrogen-bond donors (Lipinski definition) is 5. The molecule has 27 nitrogen and oxygen atoms in total. The molecule has 0 aliphatic heterocycles. The number of rotatable bonds is 42. The first kappa shape index (κ1) is 93.4. The Balaban J connectivity index is 1.54. The molecule has 0 radical (unpaired) electrons. The maximum atomic E-state index is 15.4. The number of aliphatic hydroxyl groups is 1. The van der Waals surface area contributed by atoms with E-state index in [1.165, 1.54) is 87.7 Å². The molecule has 27 heteroatoms. The molecule has 1 aliphatic rings. The van der Waals surface area contributed by atoms with E-state index in [4.69, 9.17) is 14.2 Å². The van der Waals surface area contributed by atoms with Crippen LogP contribution in [0.15, 0.2) is 78.9 Å². The van der Waals surface area contributed by atoms with Crippen LogP contribution in [0.4, 0.5) is 4.79 Å². The van der Waals surface area contributed by atoms with Crippen LogP contribution in [-0.2, 0) is 73.6 Å². The van der Waals surface area contributed by atoms with E-state index in [9.17, 15) is 43.5 Å². The molecule has 0 spiro atoms. The normalized spacial score (nSPS) is 15.3. The molecule has 12 atom stereocenters. The number of esters is 1. The van der Waals surface area contributed by atoms with Crippen LogP contribution in [0.25, 0.3) is 11.1 Å². The minimum Gasteiger partial charge on any atom is -0.459 e. The van der Waals surface area contributed by atoms with Gasteiger partial charge in [0.05, 0.1) is 19.3 Å². The molecular weight excluding hydrogens is 1410 g/mol. The van der Waals surface area contributed by atoms with E-state index < -0.39 is 162 Å². The Kier molecular flexibility index (Phi) is 37.0. The van der Waals surface area contributed by atoms with Gasteiger partial charge in [-0.25, -0.2) is 9.59 Å². The van der Waals surface area contributed by atoms with Gasteiger partial charge in [0, 0.05) is 67.8 Å². The van der Waals surface area contributed by atoms with Crippen molar-refractivity contribution in [2.75, 3.05) is 75.7 Å². The van der Waals surface area contributed by atoms with Crippen LogP contribution in [0.5, 0.6) is 0 Å². The van der Waals surface area contributed by atoms with Gasteiger partial charge in [0.25, 0.3) is 0 Å². The Morgan fingerprint density at radius 3 is 1.39 bits per heavy atom. The highest BCUT2D eigenvalue weighted by atomic mass is 16.5. The smallest absolute Gasteiger partial charge is 0.407 e. The van der Waals surface area contributed by atoms with E-state index in [1.54, 1.807) is 60.6 Å². The maximum Gasteiger partial charge on any atom is 0.407 e. The van der Waals surface area contributed by atoms with E-state index in [0.717, 1.165) is 37.6 Å². The van der Waals surface area contributed by atoms with Crippen molar-refractivity contribution in [2.45, 2.75) is 229 Å². The minimum absolute atomic E-state index is 0.00361. The molecule has 110 heavy (non-hydrogen) atoms. The van der Waals surface area contributed by atoms with Gasteiger partial charge >= 0.3 is 12.1 Å². The third-order valence-corrected chi connectivity index (χ3v) is 20.4. The minimum atomic E-state index is -1.70. The number of likely N-dealkylation sites (N-methyl/N-ethyl adjacent to an activating group) is 7. The van der Waals surface area contributed by atoms with Crippen molar-refractivity contribution in [1.29, 1.82) is 0 Å². The first-order valence-corrected chi connectivity index (χ1v) is 38.9. The molecule has 0 fully saturated rings. The summed E-state index contributed by atoms with van der Waals surface area (Å²) in [5.74, 6) is -10.1. The van der Waals surface area contributed by atoms with Crippen LogP contribution >= 0.6 is 0 Å². The Morgan fingerprint density at radius 2 is 0.900 bits per heavy atom. The zero-order chi connectivity index (χ0) is 83.0. The van der Waals surface area contributed by atoms with Crippen molar-refractivity contribution in [2.24, 2.45) is 41.4 Å².